The molecule has 2 aromatic carbocycles. The highest BCUT2D eigenvalue weighted by molar-refractivity contribution is 7.93. The summed E-state index contributed by atoms with van der Waals surface area (Å²) in [5, 5.41) is 1.99. The van der Waals surface area contributed by atoms with Gasteiger partial charge in [-0.2, -0.15) is 0 Å². The molecule has 0 unspecified atom stereocenters. The summed E-state index contributed by atoms with van der Waals surface area (Å²) in [5.41, 5.74) is 2.67. The van der Waals surface area contributed by atoms with Crippen LogP contribution in [0.4, 0.5) is 5.13 Å². The summed E-state index contributed by atoms with van der Waals surface area (Å²) in [6.07, 6.45) is 0. The lowest BCUT2D eigenvalue weighted by molar-refractivity contribution is 0.0596. The molecule has 0 aliphatic heterocycles. The fourth-order valence-electron chi connectivity index (χ4n) is 2.33. The number of sulfonamides is 1. The number of nitrogens with one attached hydrogen (secondary N) is 1. The van der Waals surface area contributed by atoms with Gasteiger partial charge in [0, 0.05) is 10.9 Å². The molecule has 8 heteroatoms. The van der Waals surface area contributed by atoms with Crippen LogP contribution in [0, 0.1) is 6.92 Å². The van der Waals surface area contributed by atoms with Crippen molar-refractivity contribution in [2.24, 2.45) is 0 Å². The third-order valence-corrected chi connectivity index (χ3v) is 5.94. The van der Waals surface area contributed by atoms with Gasteiger partial charge in [0.05, 0.1) is 18.4 Å². The lowest BCUT2D eigenvalue weighted by atomic mass is 10.1. The molecule has 0 atom stereocenters. The second-order valence-corrected chi connectivity index (χ2v) is 8.01. The molecule has 0 amide bonds. The summed E-state index contributed by atoms with van der Waals surface area (Å²) < 4.78 is 32.4. The molecular formula is C18H16N2O4S2. The predicted molar refractivity (Wildman–Crippen MR) is 101 cm³/mol. The number of aryl methyl sites for hydroxylation is 1. The van der Waals surface area contributed by atoms with E-state index >= 15 is 0 Å². The Bertz CT molecular complexity index is 1040. The first-order chi connectivity index (χ1) is 12.4. The summed E-state index contributed by atoms with van der Waals surface area (Å²) in [5.74, 6) is -0.717. The van der Waals surface area contributed by atoms with Gasteiger partial charge in [-0.15, -0.1) is 11.3 Å². The lowest BCUT2D eigenvalue weighted by Crippen LogP contribution is -2.17. The van der Waals surface area contributed by atoms with Crippen LogP contribution in [0.1, 0.15) is 15.9 Å². The largest absolute Gasteiger partial charge is 0.465 e. The number of benzene rings is 2. The first-order valence-electron chi connectivity index (χ1n) is 7.63. The van der Waals surface area contributed by atoms with Crippen molar-refractivity contribution in [2.75, 3.05) is 11.8 Å². The van der Waals surface area contributed by atoms with Crippen molar-refractivity contribution in [3.05, 3.63) is 65.0 Å². The molecule has 1 heterocycles. The van der Waals surface area contributed by atoms with Gasteiger partial charge in [0.1, 0.15) is 4.90 Å². The van der Waals surface area contributed by atoms with E-state index in [1.807, 2.05) is 31.2 Å². The number of hydrogen-bond acceptors (Lipinski definition) is 6. The number of aromatic nitrogens is 1. The van der Waals surface area contributed by atoms with Crippen molar-refractivity contribution in [2.45, 2.75) is 11.8 Å². The van der Waals surface area contributed by atoms with Crippen LogP contribution in [0.3, 0.4) is 0 Å². The number of rotatable bonds is 5. The Morgan fingerprint density at radius 2 is 1.81 bits per heavy atom. The van der Waals surface area contributed by atoms with Crippen LogP contribution in [0.5, 0.6) is 0 Å². The third-order valence-electron chi connectivity index (χ3n) is 3.66. The Balaban J connectivity index is 1.90. The van der Waals surface area contributed by atoms with Crippen molar-refractivity contribution in [1.29, 1.82) is 0 Å². The van der Waals surface area contributed by atoms with Crippen LogP contribution < -0.4 is 4.72 Å². The molecule has 0 radical (unpaired) electrons. The average Bonchev–Trinajstić information content (AvgIpc) is 3.09. The molecule has 0 saturated heterocycles. The van der Waals surface area contributed by atoms with Gasteiger partial charge in [-0.1, -0.05) is 42.0 Å². The lowest BCUT2D eigenvalue weighted by Gasteiger charge is -2.09. The van der Waals surface area contributed by atoms with Crippen molar-refractivity contribution in [1.82, 2.24) is 4.98 Å². The Kier molecular flexibility index (Phi) is 5.06. The highest BCUT2D eigenvalue weighted by Crippen LogP contribution is 2.27. The SMILES string of the molecule is COC(=O)c1ccccc1S(=O)(=O)Nc1nc(-c2ccc(C)cc2)cs1. The highest BCUT2D eigenvalue weighted by atomic mass is 32.2. The summed E-state index contributed by atoms with van der Waals surface area (Å²) >= 11 is 1.17. The molecule has 0 aliphatic carbocycles. The number of methoxy groups -OCH3 is 1. The van der Waals surface area contributed by atoms with Gasteiger partial charge in [0.15, 0.2) is 5.13 Å². The molecule has 3 aromatic rings. The van der Waals surface area contributed by atoms with Crippen LogP contribution in [0.15, 0.2) is 58.8 Å². The van der Waals surface area contributed by atoms with Gasteiger partial charge < -0.3 is 4.74 Å². The fourth-order valence-corrected chi connectivity index (χ4v) is 4.50. The molecule has 3 rings (SSSR count). The quantitative estimate of drug-likeness (QED) is 0.674. The van der Waals surface area contributed by atoms with Crippen LogP contribution in [-0.4, -0.2) is 26.5 Å². The second-order valence-electron chi connectivity index (χ2n) is 5.50. The zero-order chi connectivity index (χ0) is 18.7. The second kappa shape index (κ2) is 7.27. The van der Waals surface area contributed by atoms with Gasteiger partial charge >= 0.3 is 5.97 Å². The molecule has 0 bridgehead atoms. The molecule has 134 valence electrons. The number of ether oxygens (including phenoxy) is 1. The molecule has 6 nitrogen and oxygen atoms in total. The Hall–Kier alpha value is -2.71. The Morgan fingerprint density at radius 3 is 2.50 bits per heavy atom. The van der Waals surface area contributed by atoms with E-state index in [4.69, 9.17) is 0 Å². The number of thiazole rings is 1. The molecule has 1 N–H and O–H groups in total. The van der Waals surface area contributed by atoms with Crippen LogP contribution in [0.25, 0.3) is 11.3 Å². The van der Waals surface area contributed by atoms with E-state index in [0.29, 0.717) is 5.69 Å². The first kappa shape index (κ1) is 18.1. The van der Waals surface area contributed by atoms with Crippen molar-refractivity contribution in [3.8, 4) is 11.3 Å². The van der Waals surface area contributed by atoms with E-state index in [9.17, 15) is 13.2 Å². The minimum atomic E-state index is -3.98. The zero-order valence-corrected chi connectivity index (χ0v) is 15.7. The van der Waals surface area contributed by atoms with E-state index in [0.717, 1.165) is 11.1 Å². The maximum absolute atomic E-state index is 12.7. The monoisotopic (exact) mass is 388 g/mol. The van der Waals surface area contributed by atoms with E-state index in [1.54, 1.807) is 17.5 Å². The van der Waals surface area contributed by atoms with Crippen molar-refractivity contribution in [3.63, 3.8) is 0 Å². The summed E-state index contributed by atoms with van der Waals surface area (Å²) in [4.78, 5) is 16.0. The molecule has 0 fully saturated rings. The van der Waals surface area contributed by atoms with Crippen LogP contribution >= 0.6 is 11.3 Å². The number of anilines is 1. The molecular weight excluding hydrogens is 372 g/mol. The Morgan fingerprint density at radius 1 is 1.12 bits per heavy atom. The van der Waals surface area contributed by atoms with Gasteiger partial charge in [0.25, 0.3) is 10.0 Å². The van der Waals surface area contributed by atoms with Crippen molar-refractivity contribution >= 4 is 32.5 Å². The van der Waals surface area contributed by atoms with Gasteiger partial charge in [-0.05, 0) is 19.1 Å². The van der Waals surface area contributed by atoms with E-state index in [2.05, 4.69) is 14.4 Å². The molecule has 0 saturated carbocycles. The van der Waals surface area contributed by atoms with Gasteiger partial charge in [-0.25, -0.2) is 18.2 Å². The number of hydrogen-bond donors (Lipinski definition) is 1. The minimum Gasteiger partial charge on any atom is -0.465 e. The third kappa shape index (κ3) is 3.76. The van der Waals surface area contributed by atoms with E-state index in [1.165, 1.54) is 30.6 Å². The van der Waals surface area contributed by atoms with Crippen LogP contribution in [0.2, 0.25) is 0 Å². The minimum absolute atomic E-state index is 0.0298. The number of nitrogens with zero attached hydrogens (tertiary/aromatic N) is 1. The zero-order valence-electron chi connectivity index (χ0n) is 14.1. The fraction of sp³-hybridized carbons (Fsp3) is 0.111. The average molecular weight is 388 g/mol. The standard InChI is InChI=1S/C18H16N2O4S2/c1-12-7-9-13(10-8-12)15-11-25-18(19-15)20-26(22,23)16-6-4-3-5-14(16)17(21)24-2/h3-11H,1-2H3,(H,19,20). The topological polar surface area (TPSA) is 85.4 Å². The predicted octanol–water partition coefficient (Wildman–Crippen LogP) is 3.71. The maximum atomic E-state index is 12.7. The van der Waals surface area contributed by atoms with Crippen molar-refractivity contribution < 1.29 is 17.9 Å². The van der Waals surface area contributed by atoms with E-state index < -0.39 is 16.0 Å². The highest BCUT2D eigenvalue weighted by Gasteiger charge is 2.23. The van der Waals surface area contributed by atoms with E-state index in [-0.39, 0.29) is 15.6 Å². The summed E-state index contributed by atoms with van der Waals surface area (Å²) in [7, 11) is -2.78. The Labute approximate surface area is 155 Å². The number of carbonyl (C=O) groups excluding carboxylic acids is 1. The number of carbonyl (C=O) groups is 1. The summed E-state index contributed by atoms with van der Waals surface area (Å²) in [6.45, 7) is 1.99. The molecule has 0 spiro atoms. The molecule has 0 aliphatic rings. The smallest absolute Gasteiger partial charge is 0.339 e. The van der Waals surface area contributed by atoms with Gasteiger partial charge in [0.2, 0.25) is 0 Å². The van der Waals surface area contributed by atoms with Crippen LogP contribution in [-0.2, 0) is 14.8 Å². The molecule has 26 heavy (non-hydrogen) atoms. The first-order valence-corrected chi connectivity index (χ1v) is 10.00. The summed E-state index contributed by atoms with van der Waals surface area (Å²) in [6, 6.07) is 13.6. The normalized spacial score (nSPS) is 11.2. The number of esters is 1. The maximum Gasteiger partial charge on any atom is 0.339 e. The van der Waals surface area contributed by atoms with Gasteiger partial charge in [-0.3, -0.25) is 4.72 Å². The molecule has 1 aromatic heterocycles.